The number of thiocarbonyl (C=S) groups is 1. The fraction of sp³-hybridized carbons (Fsp3) is 0.583. The van der Waals surface area contributed by atoms with Crippen LogP contribution in [0.2, 0.25) is 10.3 Å². The molecule has 2 rings (SSSR count). The fourth-order valence-electron chi connectivity index (χ4n) is 2.18. The van der Waals surface area contributed by atoms with Gasteiger partial charge in [-0.15, -0.1) is 0 Å². The molecule has 0 spiro atoms. The summed E-state index contributed by atoms with van der Waals surface area (Å²) in [6.45, 7) is 0. The highest BCUT2D eigenvalue weighted by Gasteiger charge is 2.14. The van der Waals surface area contributed by atoms with Crippen molar-refractivity contribution in [2.45, 2.75) is 44.6 Å². The smallest absolute Gasteiger partial charge is 0.173 e. The lowest BCUT2D eigenvalue weighted by atomic mass is 10.1. The predicted molar refractivity (Wildman–Crippen MR) is 82.9 cm³/mol. The predicted octanol–water partition coefficient (Wildman–Crippen LogP) is 3.79. The third-order valence-electron chi connectivity index (χ3n) is 3.12. The van der Waals surface area contributed by atoms with E-state index in [0.717, 1.165) is 12.8 Å². The van der Waals surface area contributed by atoms with Gasteiger partial charge in [0.1, 0.15) is 5.15 Å². The molecule has 1 aliphatic rings. The Balaban J connectivity index is 1.89. The number of nitrogens with one attached hydrogen (secondary N) is 2. The Kier molecular flexibility index (Phi) is 5.60. The van der Waals surface area contributed by atoms with Crippen LogP contribution in [0.15, 0.2) is 6.20 Å². The Labute approximate surface area is 128 Å². The average Bonchev–Trinajstić information content (AvgIpc) is 2.61. The summed E-state index contributed by atoms with van der Waals surface area (Å²) in [7, 11) is 0. The second-order valence-electron chi connectivity index (χ2n) is 4.62. The van der Waals surface area contributed by atoms with E-state index in [1.807, 2.05) is 0 Å². The molecule has 0 radical (unpaired) electrons. The van der Waals surface area contributed by atoms with Crippen LogP contribution in [0, 0.1) is 0 Å². The minimum Gasteiger partial charge on any atom is -0.360 e. The summed E-state index contributed by atoms with van der Waals surface area (Å²) in [6, 6.07) is 0.432. The average molecular weight is 319 g/mol. The molecule has 1 fully saturated rings. The third-order valence-corrected chi connectivity index (χ3v) is 3.79. The van der Waals surface area contributed by atoms with E-state index in [9.17, 15) is 0 Å². The van der Waals surface area contributed by atoms with Gasteiger partial charge in [-0.2, -0.15) is 0 Å². The van der Waals surface area contributed by atoms with Crippen LogP contribution in [0.3, 0.4) is 0 Å². The molecule has 1 aromatic heterocycles. The molecule has 0 saturated heterocycles. The highest BCUT2D eigenvalue weighted by atomic mass is 35.5. The molecule has 0 aromatic carbocycles. The topological polar surface area (TPSA) is 49.8 Å². The van der Waals surface area contributed by atoms with Crippen LogP contribution in [0.4, 0.5) is 5.82 Å². The van der Waals surface area contributed by atoms with Gasteiger partial charge in [-0.3, -0.25) is 0 Å². The van der Waals surface area contributed by atoms with Crippen molar-refractivity contribution in [2.75, 3.05) is 5.32 Å². The zero-order valence-electron chi connectivity index (χ0n) is 10.5. The molecular weight excluding hydrogens is 303 g/mol. The molecule has 1 aliphatic carbocycles. The maximum absolute atomic E-state index is 5.93. The van der Waals surface area contributed by atoms with Gasteiger partial charge in [-0.25, -0.2) is 9.97 Å². The molecule has 1 saturated carbocycles. The van der Waals surface area contributed by atoms with Crippen LogP contribution >= 0.6 is 35.4 Å². The molecular formula is C12H16Cl2N4S. The maximum atomic E-state index is 5.93. The molecule has 7 heteroatoms. The Hall–Kier alpha value is -0.650. The van der Waals surface area contributed by atoms with E-state index >= 15 is 0 Å². The molecule has 2 N–H and O–H groups in total. The van der Waals surface area contributed by atoms with Gasteiger partial charge in [0.05, 0.1) is 6.20 Å². The van der Waals surface area contributed by atoms with Crippen molar-refractivity contribution in [3.8, 4) is 0 Å². The Morgan fingerprint density at radius 2 is 1.89 bits per heavy atom. The summed E-state index contributed by atoms with van der Waals surface area (Å²) in [4.78, 5) is 7.97. The van der Waals surface area contributed by atoms with Crippen LogP contribution in [0.25, 0.3) is 0 Å². The van der Waals surface area contributed by atoms with Gasteiger partial charge >= 0.3 is 0 Å². The summed E-state index contributed by atoms with van der Waals surface area (Å²) in [6.07, 6.45) is 8.87. The van der Waals surface area contributed by atoms with Gasteiger partial charge in [0, 0.05) is 6.04 Å². The Bertz CT molecular complexity index is 447. The van der Waals surface area contributed by atoms with Gasteiger partial charge in [-0.1, -0.05) is 48.9 Å². The quantitative estimate of drug-likeness (QED) is 0.641. The largest absolute Gasteiger partial charge is 0.360 e. The fourth-order valence-corrected chi connectivity index (χ4v) is 2.81. The zero-order valence-corrected chi connectivity index (χ0v) is 12.8. The van der Waals surface area contributed by atoms with E-state index in [2.05, 4.69) is 20.6 Å². The van der Waals surface area contributed by atoms with Crippen molar-refractivity contribution < 1.29 is 0 Å². The summed E-state index contributed by atoms with van der Waals surface area (Å²) in [5.41, 5.74) is 0. The second-order valence-corrected chi connectivity index (χ2v) is 5.77. The summed E-state index contributed by atoms with van der Waals surface area (Å²) in [5.74, 6) is 0.428. The first-order chi connectivity index (χ1) is 9.15. The Morgan fingerprint density at radius 1 is 1.21 bits per heavy atom. The second kappa shape index (κ2) is 7.22. The molecule has 0 unspecified atom stereocenters. The molecule has 0 amide bonds. The van der Waals surface area contributed by atoms with Crippen LogP contribution in [0.1, 0.15) is 38.5 Å². The first-order valence-electron chi connectivity index (χ1n) is 6.40. The normalized spacial score (nSPS) is 16.7. The monoisotopic (exact) mass is 318 g/mol. The molecule has 1 aromatic rings. The first kappa shape index (κ1) is 14.8. The van der Waals surface area contributed by atoms with Gasteiger partial charge in [0.25, 0.3) is 0 Å². The van der Waals surface area contributed by atoms with Crippen LogP contribution in [-0.4, -0.2) is 21.1 Å². The molecule has 19 heavy (non-hydrogen) atoms. The third kappa shape index (κ3) is 4.75. The number of anilines is 1. The number of rotatable bonds is 2. The van der Waals surface area contributed by atoms with Crippen molar-refractivity contribution in [1.82, 2.24) is 15.3 Å². The molecule has 4 nitrogen and oxygen atoms in total. The lowest BCUT2D eigenvalue weighted by Crippen LogP contribution is -2.37. The van der Waals surface area contributed by atoms with Crippen molar-refractivity contribution >= 4 is 46.4 Å². The Morgan fingerprint density at radius 3 is 2.53 bits per heavy atom. The molecule has 0 atom stereocenters. The van der Waals surface area contributed by atoms with Gasteiger partial charge < -0.3 is 10.6 Å². The van der Waals surface area contributed by atoms with Crippen molar-refractivity contribution in [3.63, 3.8) is 0 Å². The maximum Gasteiger partial charge on any atom is 0.173 e. The summed E-state index contributed by atoms with van der Waals surface area (Å²) in [5, 5.41) is 7.29. The van der Waals surface area contributed by atoms with Gasteiger partial charge in [0.2, 0.25) is 0 Å². The lowest BCUT2D eigenvalue weighted by molar-refractivity contribution is 0.535. The van der Waals surface area contributed by atoms with Crippen LogP contribution in [-0.2, 0) is 0 Å². The summed E-state index contributed by atoms with van der Waals surface area (Å²) < 4.78 is 0. The number of aromatic nitrogens is 2. The number of halogens is 2. The van der Waals surface area contributed by atoms with Gasteiger partial charge in [0.15, 0.2) is 16.1 Å². The standard InChI is InChI=1S/C12H16Cl2N4S/c13-9-7-15-11(10(14)17-9)18-12(19)16-8-5-3-1-2-4-6-8/h7-8H,1-6H2,(H2,15,16,18,19). The van der Waals surface area contributed by atoms with Crippen LogP contribution in [0.5, 0.6) is 0 Å². The van der Waals surface area contributed by atoms with E-state index in [1.54, 1.807) is 0 Å². The number of nitrogens with zero attached hydrogens (tertiary/aromatic N) is 2. The summed E-state index contributed by atoms with van der Waals surface area (Å²) >= 11 is 16.9. The van der Waals surface area contributed by atoms with E-state index in [0.29, 0.717) is 17.0 Å². The molecule has 0 bridgehead atoms. The van der Waals surface area contributed by atoms with E-state index in [4.69, 9.17) is 35.4 Å². The number of hydrogen-bond acceptors (Lipinski definition) is 3. The minimum atomic E-state index is 0.220. The van der Waals surface area contributed by atoms with Crippen molar-refractivity contribution in [3.05, 3.63) is 16.5 Å². The highest BCUT2D eigenvalue weighted by molar-refractivity contribution is 7.80. The van der Waals surface area contributed by atoms with Crippen molar-refractivity contribution in [1.29, 1.82) is 0 Å². The van der Waals surface area contributed by atoms with E-state index in [1.165, 1.54) is 31.9 Å². The lowest BCUT2D eigenvalue weighted by Gasteiger charge is -2.18. The molecule has 104 valence electrons. The van der Waals surface area contributed by atoms with E-state index in [-0.39, 0.29) is 10.3 Å². The molecule has 0 aliphatic heterocycles. The number of hydrogen-bond donors (Lipinski definition) is 2. The SMILES string of the molecule is S=C(Nc1ncc(Cl)nc1Cl)NC1CCCCCC1. The minimum absolute atomic E-state index is 0.220. The van der Waals surface area contributed by atoms with E-state index < -0.39 is 0 Å². The molecule has 1 heterocycles. The zero-order chi connectivity index (χ0) is 13.7. The van der Waals surface area contributed by atoms with Crippen LogP contribution < -0.4 is 10.6 Å². The highest BCUT2D eigenvalue weighted by Crippen LogP contribution is 2.19. The van der Waals surface area contributed by atoms with Crippen molar-refractivity contribution in [2.24, 2.45) is 0 Å². The first-order valence-corrected chi connectivity index (χ1v) is 7.57. The van der Waals surface area contributed by atoms with Gasteiger partial charge in [-0.05, 0) is 25.1 Å².